The van der Waals surface area contributed by atoms with E-state index in [1.54, 1.807) is 14.2 Å². The van der Waals surface area contributed by atoms with Crippen molar-refractivity contribution in [2.24, 2.45) is 0 Å². The summed E-state index contributed by atoms with van der Waals surface area (Å²) in [7, 11) is 3.23. The zero-order valence-corrected chi connectivity index (χ0v) is 21.3. The van der Waals surface area contributed by atoms with Gasteiger partial charge in [0.25, 0.3) is 0 Å². The van der Waals surface area contributed by atoms with Gasteiger partial charge in [-0.2, -0.15) is 0 Å². The molecule has 0 spiro atoms. The smallest absolute Gasteiger partial charge is 0.322 e. The largest absolute Gasteiger partial charge is 0.494 e. The number of fused-ring (bicyclic) bond motifs is 1. The molecule has 184 valence electrons. The maximum Gasteiger partial charge on any atom is 0.322 e. The number of rotatable bonds is 8. The number of anilines is 1. The third-order valence-corrected chi connectivity index (χ3v) is 5.82. The Morgan fingerprint density at radius 3 is 2.44 bits per heavy atom. The van der Waals surface area contributed by atoms with Crippen LogP contribution in [0.4, 0.5) is 10.5 Å². The number of hydrogen-bond donors (Lipinski definition) is 3. The van der Waals surface area contributed by atoms with Crippen molar-refractivity contribution in [1.29, 1.82) is 0 Å². The number of nitrogens with one attached hydrogen (secondary N) is 3. The van der Waals surface area contributed by atoms with Crippen molar-refractivity contribution in [3.8, 4) is 17.2 Å². The van der Waals surface area contributed by atoms with E-state index in [0.29, 0.717) is 48.4 Å². The van der Waals surface area contributed by atoms with Crippen molar-refractivity contribution in [2.45, 2.75) is 39.3 Å². The molecular weight excluding hydrogens is 452 g/mol. The Morgan fingerprint density at radius 2 is 1.82 bits per heavy atom. The van der Waals surface area contributed by atoms with E-state index in [1.165, 1.54) is 0 Å². The number of amides is 2. The van der Waals surface area contributed by atoms with Crippen molar-refractivity contribution in [3.05, 3.63) is 47.5 Å². The number of nitrogens with zero attached hydrogens (tertiary/aromatic N) is 1. The fourth-order valence-corrected chi connectivity index (χ4v) is 4.31. The van der Waals surface area contributed by atoms with Gasteiger partial charge in [0.05, 0.1) is 26.9 Å². The summed E-state index contributed by atoms with van der Waals surface area (Å²) >= 11 is 5.43. The number of benzene rings is 2. The number of ether oxygens (including phenoxy) is 3. The molecule has 0 saturated heterocycles. The van der Waals surface area contributed by atoms with Crippen LogP contribution in [0.2, 0.25) is 0 Å². The van der Waals surface area contributed by atoms with E-state index >= 15 is 0 Å². The van der Waals surface area contributed by atoms with Gasteiger partial charge >= 0.3 is 6.03 Å². The van der Waals surface area contributed by atoms with Crippen LogP contribution < -0.4 is 30.2 Å². The molecule has 0 bridgehead atoms. The molecule has 0 radical (unpaired) electrons. The topological polar surface area (TPSA) is 84.1 Å². The number of methoxy groups -OCH3 is 2. The Kier molecular flexibility index (Phi) is 8.81. The summed E-state index contributed by atoms with van der Waals surface area (Å²) in [5.74, 6) is 2.07. The van der Waals surface area contributed by atoms with E-state index in [-0.39, 0.29) is 18.1 Å². The molecule has 3 N–H and O–H groups in total. The van der Waals surface area contributed by atoms with Gasteiger partial charge in [0.2, 0.25) is 0 Å². The Balaban J connectivity index is 1.85. The first-order chi connectivity index (χ1) is 16.4. The Bertz CT molecular complexity index is 997. The molecule has 3 rings (SSSR count). The van der Waals surface area contributed by atoms with Gasteiger partial charge in [-0.25, -0.2) is 4.79 Å². The SMILES string of the molecule is CCOc1ccc(NC(=O)N2CCc3cc(OC)c(OC)cc3[C@H]2CNC(=S)NC(C)C)cc1. The van der Waals surface area contributed by atoms with Gasteiger partial charge in [0.15, 0.2) is 16.6 Å². The summed E-state index contributed by atoms with van der Waals surface area (Å²) in [6, 6.07) is 11.1. The van der Waals surface area contributed by atoms with Crippen LogP contribution in [0.15, 0.2) is 36.4 Å². The minimum absolute atomic E-state index is 0.181. The number of carbonyl (C=O) groups is 1. The molecular formula is C25H34N4O4S. The monoisotopic (exact) mass is 486 g/mol. The summed E-state index contributed by atoms with van der Waals surface area (Å²) in [5, 5.41) is 10.0. The van der Waals surface area contributed by atoms with Crippen LogP contribution in [0, 0.1) is 0 Å². The molecule has 1 atom stereocenters. The van der Waals surface area contributed by atoms with Crippen LogP contribution in [0.25, 0.3) is 0 Å². The first-order valence-corrected chi connectivity index (χ1v) is 11.9. The highest BCUT2D eigenvalue weighted by molar-refractivity contribution is 7.80. The lowest BCUT2D eigenvalue weighted by molar-refractivity contribution is 0.182. The summed E-state index contributed by atoms with van der Waals surface area (Å²) in [5.41, 5.74) is 2.83. The Morgan fingerprint density at radius 1 is 1.15 bits per heavy atom. The minimum Gasteiger partial charge on any atom is -0.494 e. The van der Waals surface area contributed by atoms with Crippen LogP contribution in [0.3, 0.4) is 0 Å². The molecule has 0 aliphatic carbocycles. The highest BCUT2D eigenvalue weighted by Crippen LogP contribution is 2.38. The van der Waals surface area contributed by atoms with Crippen molar-refractivity contribution in [3.63, 3.8) is 0 Å². The summed E-state index contributed by atoms with van der Waals surface area (Å²) < 4.78 is 16.5. The van der Waals surface area contributed by atoms with E-state index in [0.717, 1.165) is 16.9 Å². The third kappa shape index (κ3) is 6.22. The summed E-state index contributed by atoms with van der Waals surface area (Å²) in [6.45, 7) is 7.59. The Hall–Kier alpha value is -3.20. The highest BCUT2D eigenvalue weighted by atomic mass is 32.1. The number of hydrogen-bond acceptors (Lipinski definition) is 5. The minimum atomic E-state index is -0.252. The standard InChI is InChI=1S/C25H34N4O4S/c1-6-33-19-9-7-18(8-10-19)28-25(30)29-12-11-17-13-22(31-4)23(32-5)14-20(17)21(29)15-26-24(34)27-16(2)3/h7-10,13-14,16,21H,6,11-12,15H2,1-5H3,(H,28,30)(H2,26,27,34)/t21-/m1/s1. The average molecular weight is 487 g/mol. The second-order valence-electron chi connectivity index (χ2n) is 8.26. The van der Waals surface area contributed by atoms with Crippen LogP contribution >= 0.6 is 12.2 Å². The molecule has 1 heterocycles. The van der Waals surface area contributed by atoms with Crippen molar-refractivity contribution in [2.75, 3.05) is 39.2 Å². The fraction of sp³-hybridized carbons (Fsp3) is 0.440. The van der Waals surface area contributed by atoms with Gasteiger partial charge in [-0.1, -0.05) is 0 Å². The molecule has 0 fully saturated rings. The molecule has 2 amide bonds. The normalized spacial score (nSPS) is 14.8. The molecule has 0 unspecified atom stereocenters. The van der Waals surface area contributed by atoms with E-state index in [2.05, 4.69) is 16.0 Å². The molecule has 2 aromatic rings. The van der Waals surface area contributed by atoms with Gasteiger partial charge in [0, 0.05) is 24.8 Å². The highest BCUT2D eigenvalue weighted by Gasteiger charge is 2.32. The predicted molar refractivity (Wildman–Crippen MR) is 138 cm³/mol. The van der Waals surface area contributed by atoms with Gasteiger partial charge in [-0.3, -0.25) is 0 Å². The second kappa shape index (κ2) is 11.8. The quantitative estimate of drug-likeness (QED) is 0.485. The van der Waals surface area contributed by atoms with Gasteiger partial charge in [-0.05, 0) is 86.9 Å². The molecule has 1 aliphatic heterocycles. The van der Waals surface area contributed by atoms with Gasteiger partial charge < -0.3 is 35.1 Å². The number of urea groups is 1. The molecule has 0 saturated carbocycles. The van der Waals surface area contributed by atoms with Crippen LogP contribution in [-0.2, 0) is 6.42 Å². The molecule has 0 aromatic heterocycles. The van der Waals surface area contributed by atoms with Gasteiger partial charge in [0.1, 0.15) is 5.75 Å². The molecule has 2 aromatic carbocycles. The maximum absolute atomic E-state index is 13.3. The molecule has 34 heavy (non-hydrogen) atoms. The van der Waals surface area contributed by atoms with E-state index in [1.807, 2.05) is 62.1 Å². The number of carbonyl (C=O) groups excluding carboxylic acids is 1. The Labute approximate surface area is 206 Å². The lowest BCUT2D eigenvalue weighted by Gasteiger charge is -2.38. The van der Waals surface area contributed by atoms with Crippen LogP contribution in [0.5, 0.6) is 17.2 Å². The zero-order valence-electron chi connectivity index (χ0n) is 20.4. The predicted octanol–water partition coefficient (Wildman–Crippen LogP) is 4.11. The van der Waals surface area contributed by atoms with Gasteiger partial charge in [-0.15, -0.1) is 0 Å². The average Bonchev–Trinajstić information content (AvgIpc) is 2.82. The van der Waals surface area contributed by atoms with Crippen LogP contribution in [0.1, 0.15) is 37.9 Å². The molecule has 9 heteroatoms. The third-order valence-electron chi connectivity index (χ3n) is 5.56. The first-order valence-electron chi connectivity index (χ1n) is 11.5. The lowest BCUT2D eigenvalue weighted by Crippen LogP contribution is -2.48. The zero-order chi connectivity index (χ0) is 24.7. The van der Waals surface area contributed by atoms with E-state index in [9.17, 15) is 4.79 Å². The van der Waals surface area contributed by atoms with E-state index < -0.39 is 0 Å². The fourth-order valence-electron chi connectivity index (χ4n) is 3.99. The number of thiocarbonyl (C=S) groups is 1. The maximum atomic E-state index is 13.3. The summed E-state index contributed by atoms with van der Waals surface area (Å²) in [6.07, 6.45) is 0.706. The molecule has 8 nitrogen and oxygen atoms in total. The second-order valence-corrected chi connectivity index (χ2v) is 8.67. The molecule has 1 aliphatic rings. The summed E-state index contributed by atoms with van der Waals surface area (Å²) in [4.78, 5) is 15.2. The van der Waals surface area contributed by atoms with Crippen molar-refractivity contribution < 1.29 is 19.0 Å². The van der Waals surface area contributed by atoms with Crippen LogP contribution in [-0.4, -0.2) is 56.0 Å². The van der Waals surface area contributed by atoms with Crippen molar-refractivity contribution >= 4 is 29.0 Å². The lowest BCUT2D eigenvalue weighted by atomic mass is 9.92. The van der Waals surface area contributed by atoms with E-state index in [4.69, 9.17) is 26.4 Å². The van der Waals surface area contributed by atoms with Crippen molar-refractivity contribution in [1.82, 2.24) is 15.5 Å². The first kappa shape index (κ1) is 25.4.